The van der Waals surface area contributed by atoms with Crippen LogP contribution >= 0.6 is 0 Å². The standard InChI is InChI=1S/C34H22N2O/c35-29-17-14-20-12-16-27-31-21(13-15-26(29)30(20)31)18-28(32(27)36)25-11-5-10-24-23-9-4-8-22(33(23)37-34(24)25)19-6-2-1-3-7-19/h1-18H,35-36H2. The SMILES string of the molecule is Nc1ccc2ccc3c(N)c(-c4cccc5c4oc4c(-c6ccccc6)cccc45)cc4ccc1c2c43. The maximum Gasteiger partial charge on any atom is 0.143 e. The third-order valence-electron chi connectivity index (χ3n) is 7.76. The molecule has 3 heteroatoms. The monoisotopic (exact) mass is 474 g/mol. The van der Waals surface area contributed by atoms with E-state index in [4.69, 9.17) is 15.9 Å². The van der Waals surface area contributed by atoms with Gasteiger partial charge in [0.15, 0.2) is 0 Å². The summed E-state index contributed by atoms with van der Waals surface area (Å²) in [6, 6.07) is 37.8. The second-order valence-electron chi connectivity index (χ2n) is 9.75. The predicted molar refractivity (Wildman–Crippen MR) is 157 cm³/mol. The summed E-state index contributed by atoms with van der Waals surface area (Å²) >= 11 is 0. The van der Waals surface area contributed by atoms with E-state index >= 15 is 0 Å². The average molecular weight is 475 g/mol. The number of anilines is 2. The van der Waals surface area contributed by atoms with Crippen LogP contribution in [0.1, 0.15) is 0 Å². The van der Waals surface area contributed by atoms with Gasteiger partial charge in [0.1, 0.15) is 11.2 Å². The van der Waals surface area contributed by atoms with E-state index in [1.165, 1.54) is 10.8 Å². The molecule has 0 aliphatic carbocycles. The number of fused-ring (bicyclic) bond motifs is 3. The van der Waals surface area contributed by atoms with E-state index in [1.54, 1.807) is 0 Å². The third kappa shape index (κ3) is 2.71. The minimum absolute atomic E-state index is 0.751. The number of hydrogen-bond donors (Lipinski definition) is 2. The topological polar surface area (TPSA) is 65.2 Å². The van der Waals surface area contributed by atoms with Gasteiger partial charge in [-0.2, -0.15) is 0 Å². The normalized spacial score (nSPS) is 12.0. The van der Waals surface area contributed by atoms with E-state index in [1.807, 2.05) is 12.1 Å². The fraction of sp³-hybridized carbons (Fsp3) is 0. The maximum absolute atomic E-state index is 6.93. The molecule has 0 saturated carbocycles. The summed E-state index contributed by atoms with van der Waals surface area (Å²) in [4.78, 5) is 0. The van der Waals surface area contributed by atoms with Gasteiger partial charge in [-0.05, 0) is 39.2 Å². The zero-order valence-corrected chi connectivity index (χ0v) is 20.0. The molecule has 4 N–H and O–H groups in total. The van der Waals surface area contributed by atoms with Crippen LogP contribution in [0, 0.1) is 0 Å². The van der Waals surface area contributed by atoms with Crippen LogP contribution in [0.4, 0.5) is 11.4 Å². The molecule has 0 amide bonds. The molecule has 7 aromatic carbocycles. The highest BCUT2D eigenvalue weighted by molar-refractivity contribution is 6.28. The van der Waals surface area contributed by atoms with Crippen LogP contribution in [0.15, 0.2) is 114 Å². The molecule has 8 rings (SSSR count). The maximum atomic E-state index is 6.93. The molecule has 3 nitrogen and oxygen atoms in total. The first-order chi connectivity index (χ1) is 18.2. The van der Waals surface area contributed by atoms with Gasteiger partial charge in [0.2, 0.25) is 0 Å². The van der Waals surface area contributed by atoms with Crippen LogP contribution in [0.5, 0.6) is 0 Å². The Kier molecular flexibility index (Phi) is 3.96. The molecular formula is C34H22N2O. The van der Waals surface area contributed by atoms with E-state index in [2.05, 4.69) is 97.1 Å². The molecule has 174 valence electrons. The van der Waals surface area contributed by atoms with Crippen molar-refractivity contribution in [1.82, 2.24) is 0 Å². The lowest BCUT2D eigenvalue weighted by atomic mass is 9.89. The van der Waals surface area contributed by atoms with Gasteiger partial charge in [0.05, 0.1) is 0 Å². The van der Waals surface area contributed by atoms with Crippen LogP contribution in [-0.4, -0.2) is 0 Å². The summed E-state index contributed by atoms with van der Waals surface area (Å²) in [5.74, 6) is 0. The lowest BCUT2D eigenvalue weighted by molar-refractivity contribution is 0.671. The van der Waals surface area contributed by atoms with Gasteiger partial charge in [0, 0.05) is 49.6 Å². The number of nitrogen functional groups attached to an aromatic ring is 2. The van der Waals surface area contributed by atoms with E-state index in [-0.39, 0.29) is 0 Å². The molecule has 0 saturated heterocycles. The average Bonchev–Trinajstić information content (AvgIpc) is 3.33. The number of benzene rings is 7. The lowest BCUT2D eigenvalue weighted by Gasteiger charge is -2.16. The zero-order chi connectivity index (χ0) is 24.7. The van der Waals surface area contributed by atoms with Crippen molar-refractivity contribution in [2.45, 2.75) is 0 Å². The van der Waals surface area contributed by atoms with Crippen molar-refractivity contribution < 1.29 is 4.42 Å². The highest BCUT2D eigenvalue weighted by atomic mass is 16.3. The molecule has 0 aliphatic rings. The first-order valence-corrected chi connectivity index (χ1v) is 12.4. The van der Waals surface area contributed by atoms with Gasteiger partial charge in [-0.25, -0.2) is 0 Å². The van der Waals surface area contributed by atoms with Gasteiger partial charge in [-0.1, -0.05) is 97.1 Å². The van der Waals surface area contributed by atoms with E-state index in [0.717, 1.165) is 77.1 Å². The van der Waals surface area contributed by atoms with Crippen molar-refractivity contribution in [3.8, 4) is 22.3 Å². The van der Waals surface area contributed by atoms with Crippen LogP contribution in [-0.2, 0) is 0 Å². The molecule has 0 radical (unpaired) electrons. The minimum Gasteiger partial charge on any atom is -0.455 e. The molecule has 1 aromatic heterocycles. The number of furan rings is 1. The summed E-state index contributed by atoms with van der Waals surface area (Å²) in [6.45, 7) is 0. The fourth-order valence-electron chi connectivity index (χ4n) is 6.02. The summed E-state index contributed by atoms with van der Waals surface area (Å²) in [5.41, 5.74) is 20.7. The third-order valence-corrected chi connectivity index (χ3v) is 7.76. The van der Waals surface area contributed by atoms with E-state index in [9.17, 15) is 0 Å². The molecular weight excluding hydrogens is 452 g/mol. The Morgan fingerprint density at radius 3 is 1.92 bits per heavy atom. The predicted octanol–water partition coefficient (Wildman–Crippen LogP) is 8.98. The van der Waals surface area contributed by atoms with E-state index < -0.39 is 0 Å². The highest BCUT2D eigenvalue weighted by Crippen LogP contribution is 2.46. The second-order valence-corrected chi connectivity index (χ2v) is 9.75. The quantitative estimate of drug-likeness (QED) is 0.194. The van der Waals surface area contributed by atoms with Crippen molar-refractivity contribution in [3.05, 3.63) is 109 Å². The Hall–Kier alpha value is -5.02. The Morgan fingerprint density at radius 1 is 0.459 bits per heavy atom. The molecule has 0 aliphatic heterocycles. The van der Waals surface area contributed by atoms with Gasteiger partial charge < -0.3 is 15.9 Å². The molecule has 0 atom stereocenters. The van der Waals surface area contributed by atoms with Gasteiger partial charge >= 0.3 is 0 Å². The summed E-state index contributed by atoms with van der Waals surface area (Å²) in [5, 5.41) is 8.93. The second kappa shape index (κ2) is 7.25. The Morgan fingerprint density at radius 2 is 1.11 bits per heavy atom. The lowest BCUT2D eigenvalue weighted by Crippen LogP contribution is -1.96. The largest absolute Gasteiger partial charge is 0.455 e. The van der Waals surface area contributed by atoms with Crippen LogP contribution in [0.2, 0.25) is 0 Å². The van der Waals surface area contributed by atoms with Gasteiger partial charge in [-0.15, -0.1) is 0 Å². The van der Waals surface area contributed by atoms with Crippen molar-refractivity contribution in [3.63, 3.8) is 0 Å². The smallest absolute Gasteiger partial charge is 0.143 e. The van der Waals surface area contributed by atoms with Gasteiger partial charge in [0.25, 0.3) is 0 Å². The van der Waals surface area contributed by atoms with Crippen LogP contribution < -0.4 is 11.5 Å². The van der Waals surface area contributed by atoms with Crippen molar-refractivity contribution >= 4 is 65.6 Å². The van der Waals surface area contributed by atoms with Crippen LogP contribution in [0.3, 0.4) is 0 Å². The first-order valence-electron chi connectivity index (χ1n) is 12.4. The summed E-state index contributed by atoms with van der Waals surface area (Å²) in [7, 11) is 0. The minimum atomic E-state index is 0.751. The molecule has 8 aromatic rings. The number of nitrogens with two attached hydrogens (primary N) is 2. The van der Waals surface area contributed by atoms with Gasteiger partial charge in [-0.3, -0.25) is 0 Å². The molecule has 37 heavy (non-hydrogen) atoms. The number of para-hydroxylation sites is 2. The molecule has 0 unspecified atom stereocenters. The van der Waals surface area contributed by atoms with Crippen molar-refractivity contribution in [2.75, 3.05) is 11.5 Å². The number of hydrogen-bond acceptors (Lipinski definition) is 3. The first kappa shape index (κ1) is 20.2. The van der Waals surface area contributed by atoms with Crippen molar-refractivity contribution in [2.24, 2.45) is 0 Å². The van der Waals surface area contributed by atoms with Crippen LogP contribution in [0.25, 0.3) is 76.5 Å². The van der Waals surface area contributed by atoms with E-state index in [0.29, 0.717) is 0 Å². The van der Waals surface area contributed by atoms with Crippen molar-refractivity contribution in [1.29, 1.82) is 0 Å². The highest BCUT2D eigenvalue weighted by Gasteiger charge is 2.19. The molecule has 0 fully saturated rings. The molecule has 1 heterocycles. The zero-order valence-electron chi connectivity index (χ0n) is 20.0. The Bertz CT molecular complexity index is 2160. The Balaban J connectivity index is 1.45. The molecule has 0 bridgehead atoms. The summed E-state index contributed by atoms with van der Waals surface area (Å²) in [6.07, 6.45) is 0. The fourth-order valence-corrected chi connectivity index (χ4v) is 6.02. The number of rotatable bonds is 2. The summed E-state index contributed by atoms with van der Waals surface area (Å²) < 4.78 is 6.67. The Labute approximate surface area is 212 Å². The molecule has 0 spiro atoms.